The molecule has 2 N–H and O–H groups in total. The van der Waals surface area contributed by atoms with Gasteiger partial charge < -0.3 is 19.8 Å². The molecule has 50 heavy (non-hydrogen) atoms. The van der Waals surface area contributed by atoms with E-state index in [2.05, 4.69) is 124 Å². The van der Waals surface area contributed by atoms with Crippen molar-refractivity contribution in [1.29, 1.82) is 0 Å². The molecule has 1 aliphatic carbocycles. The lowest BCUT2D eigenvalue weighted by Crippen LogP contribution is -2.60. The van der Waals surface area contributed by atoms with Crippen LogP contribution in [-0.2, 0) is 21.6 Å². The van der Waals surface area contributed by atoms with Crippen LogP contribution in [-0.4, -0.2) is 43.2 Å². The molecular formula is C42H34N6O2. The first-order valence-electron chi connectivity index (χ1n) is 17.1. The van der Waals surface area contributed by atoms with Crippen LogP contribution in [0, 0.1) is 0 Å². The van der Waals surface area contributed by atoms with E-state index in [0.717, 1.165) is 73.3 Å². The van der Waals surface area contributed by atoms with Gasteiger partial charge in [-0.15, -0.1) is 10.2 Å². The van der Waals surface area contributed by atoms with E-state index in [1.54, 1.807) is 0 Å². The summed E-state index contributed by atoms with van der Waals surface area (Å²) in [7, 11) is 0. The average Bonchev–Trinajstić information content (AvgIpc) is 3.90. The summed E-state index contributed by atoms with van der Waals surface area (Å²) >= 11 is 0. The number of ether oxygens (including phenoxy) is 2. The number of hydrogen-bond donors (Lipinski definition) is 1. The number of aromatic nitrogens is 5. The number of fused-ring (bicyclic) bond motifs is 4. The second-order valence-electron chi connectivity index (χ2n) is 13.6. The van der Waals surface area contributed by atoms with Crippen LogP contribution in [0.15, 0.2) is 134 Å². The molecule has 8 heteroatoms. The summed E-state index contributed by atoms with van der Waals surface area (Å²) in [5.41, 5.74) is 16.5. The van der Waals surface area contributed by atoms with E-state index in [-0.39, 0.29) is 0 Å². The van der Waals surface area contributed by atoms with Gasteiger partial charge in [-0.05, 0) is 34.9 Å². The van der Waals surface area contributed by atoms with E-state index in [1.807, 2.05) is 18.3 Å². The standard InChI is InChI=1S/C42H34N6O2/c43-41(26-42(27-41)49-21-22-50-42)31-17-15-30(16-18-31)38-33(29-11-5-2-6-12-29)23-34-36(44-38)19-20-48-39(34)45-46-40(48)35-25-47(24-28-9-3-1-4-10-28)37-14-8-7-13-32(35)37/h1-20,23,25H,21-22,24,26-27,43H2. The molecule has 2 aliphatic rings. The lowest BCUT2D eigenvalue weighted by molar-refractivity contribution is -0.239. The zero-order valence-electron chi connectivity index (χ0n) is 27.4. The summed E-state index contributed by atoms with van der Waals surface area (Å²) in [6, 6.07) is 42.2. The Morgan fingerprint density at radius 1 is 0.700 bits per heavy atom. The molecule has 0 amide bonds. The molecular weight excluding hydrogens is 621 g/mol. The highest BCUT2D eigenvalue weighted by atomic mass is 16.7. The number of rotatable bonds is 6. The van der Waals surface area contributed by atoms with Gasteiger partial charge in [-0.25, -0.2) is 4.98 Å². The third-order valence-corrected chi connectivity index (χ3v) is 10.4. The maximum Gasteiger partial charge on any atom is 0.172 e. The van der Waals surface area contributed by atoms with Crippen LogP contribution in [0.2, 0.25) is 0 Å². The van der Waals surface area contributed by atoms with Crippen LogP contribution in [0.25, 0.3) is 61.2 Å². The maximum atomic E-state index is 6.83. The summed E-state index contributed by atoms with van der Waals surface area (Å²) in [4.78, 5) is 5.28. The lowest BCUT2D eigenvalue weighted by atomic mass is 9.68. The molecule has 0 radical (unpaired) electrons. The van der Waals surface area contributed by atoms with Gasteiger partial charge in [-0.1, -0.05) is 103 Å². The largest absolute Gasteiger partial charge is 0.347 e. The van der Waals surface area contributed by atoms with E-state index in [4.69, 9.17) is 30.4 Å². The zero-order chi connectivity index (χ0) is 33.3. The molecule has 4 aromatic heterocycles. The van der Waals surface area contributed by atoms with Crippen LogP contribution in [0.1, 0.15) is 24.0 Å². The van der Waals surface area contributed by atoms with Crippen LogP contribution >= 0.6 is 0 Å². The van der Waals surface area contributed by atoms with Gasteiger partial charge in [0.2, 0.25) is 0 Å². The Balaban J connectivity index is 1.07. The normalized spacial score (nSPS) is 16.4. The van der Waals surface area contributed by atoms with Crippen molar-refractivity contribution >= 4 is 27.5 Å². The summed E-state index contributed by atoms with van der Waals surface area (Å²) in [6.45, 7) is 2.03. The molecule has 1 saturated heterocycles. The molecule has 1 saturated carbocycles. The molecule has 0 bridgehead atoms. The summed E-state index contributed by atoms with van der Waals surface area (Å²) in [6.07, 6.45) is 5.55. The van der Waals surface area contributed by atoms with Crippen LogP contribution < -0.4 is 5.73 Å². The molecule has 0 unspecified atom stereocenters. The first kappa shape index (κ1) is 29.3. The minimum atomic E-state index is -0.514. The second-order valence-corrected chi connectivity index (χ2v) is 13.6. The van der Waals surface area contributed by atoms with Gasteiger partial charge >= 0.3 is 0 Å². The fourth-order valence-corrected chi connectivity index (χ4v) is 7.95. The number of pyridine rings is 2. The van der Waals surface area contributed by atoms with Gasteiger partial charge in [-0.2, -0.15) is 0 Å². The average molecular weight is 655 g/mol. The molecule has 5 heterocycles. The van der Waals surface area contributed by atoms with E-state index < -0.39 is 11.3 Å². The summed E-state index contributed by atoms with van der Waals surface area (Å²) in [5, 5.41) is 11.6. The quantitative estimate of drug-likeness (QED) is 0.196. The van der Waals surface area contributed by atoms with E-state index >= 15 is 0 Å². The first-order valence-corrected chi connectivity index (χ1v) is 17.1. The Bertz CT molecular complexity index is 2530. The Morgan fingerprint density at radius 2 is 1.42 bits per heavy atom. The van der Waals surface area contributed by atoms with Crippen molar-refractivity contribution in [3.63, 3.8) is 0 Å². The van der Waals surface area contributed by atoms with E-state index in [1.165, 1.54) is 5.56 Å². The Morgan fingerprint density at radius 3 is 2.20 bits per heavy atom. The Labute approximate surface area is 288 Å². The molecule has 8 aromatic rings. The Kier molecular flexibility index (Phi) is 6.54. The molecule has 1 aliphatic heterocycles. The zero-order valence-corrected chi connectivity index (χ0v) is 27.4. The van der Waals surface area contributed by atoms with Gasteiger partial charge in [-0.3, -0.25) is 4.40 Å². The molecule has 0 atom stereocenters. The highest BCUT2D eigenvalue weighted by molar-refractivity contribution is 6.00. The highest BCUT2D eigenvalue weighted by Gasteiger charge is 2.57. The third kappa shape index (κ3) is 4.68. The molecule has 244 valence electrons. The van der Waals surface area contributed by atoms with Crippen molar-refractivity contribution in [2.75, 3.05) is 13.2 Å². The lowest BCUT2D eigenvalue weighted by Gasteiger charge is -2.50. The predicted octanol–water partition coefficient (Wildman–Crippen LogP) is 7.97. The number of hydrogen-bond acceptors (Lipinski definition) is 6. The van der Waals surface area contributed by atoms with Gasteiger partial charge in [0.25, 0.3) is 0 Å². The summed E-state index contributed by atoms with van der Waals surface area (Å²) in [5.74, 6) is 0.285. The van der Waals surface area contributed by atoms with Crippen molar-refractivity contribution in [2.45, 2.75) is 30.7 Å². The number of benzene rings is 4. The molecule has 8 nitrogen and oxygen atoms in total. The molecule has 1 spiro atoms. The van der Waals surface area contributed by atoms with Crippen LogP contribution in [0.5, 0.6) is 0 Å². The van der Waals surface area contributed by atoms with Crippen molar-refractivity contribution in [1.82, 2.24) is 24.1 Å². The van der Waals surface area contributed by atoms with Gasteiger partial charge in [0.15, 0.2) is 17.3 Å². The van der Waals surface area contributed by atoms with Crippen LogP contribution in [0.3, 0.4) is 0 Å². The number of nitrogens with two attached hydrogens (primary N) is 1. The third-order valence-electron chi connectivity index (χ3n) is 10.4. The molecule has 2 fully saturated rings. The fourth-order valence-electron chi connectivity index (χ4n) is 7.95. The smallest absolute Gasteiger partial charge is 0.172 e. The first-order chi connectivity index (χ1) is 24.6. The fraction of sp³-hybridized carbons (Fsp3) is 0.167. The van der Waals surface area contributed by atoms with Gasteiger partial charge in [0.05, 0.1) is 30.0 Å². The monoisotopic (exact) mass is 654 g/mol. The predicted molar refractivity (Wildman–Crippen MR) is 195 cm³/mol. The minimum Gasteiger partial charge on any atom is -0.347 e. The SMILES string of the molecule is NC1(c2ccc(-c3nc4ccn5c(-c6cn(Cc7ccccc7)c7ccccc67)nnc5c4cc3-c3ccccc3)cc2)CC2(C1)OCCO2. The highest BCUT2D eigenvalue weighted by Crippen LogP contribution is 2.51. The minimum absolute atomic E-state index is 0.465. The topological polar surface area (TPSA) is 92.5 Å². The second kappa shape index (κ2) is 11.2. The number of para-hydroxylation sites is 1. The van der Waals surface area contributed by atoms with Crippen molar-refractivity contribution in [3.05, 3.63) is 145 Å². The van der Waals surface area contributed by atoms with E-state index in [0.29, 0.717) is 26.1 Å². The van der Waals surface area contributed by atoms with Crippen molar-refractivity contribution in [2.24, 2.45) is 5.73 Å². The van der Waals surface area contributed by atoms with Gasteiger partial charge in [0, 0.05) is 64.8 Å². The van der Waals surface area contributed by atoms with E-state index in [9.17, 15) is 0 Å². The summed E-state index contributed by atoms with van der Waals surface area (Å²) < 4.78 is 16.1. The van der Waals surface area contributed by atoms with Gasteiger partial charge in [0.1, 0.15) is 0 Å². The Hall–Kier alpha value is -5.67. The molecule has 4 aromatic carbocycles. The molecule has 10 rings (SSSR count). The number of nitrogens with zero attached hydrogens (tertiary/aromatic N) is 5. The van der Waals surface area contributed by atoms with Crippen molar-refractivity contribution < 1.29 is 9.47 Å². The van der Waals surface area contributed by atoms with Crippen LogP contribution in [0.4, 0.5) is 0 Å². The maximum absolute atomic E-state index is 6.83. The van der Waals surface area contributed by atoms with Crippen molar-refractivity contribution in [3.8, 4) is 33.8 Å².